The van der Waals surface area contributed by atoms with Gasteiger partial charge >= 0.3 is 0 Å². The van der Waals surface area contributed by atoms with Gasteiger partial charge in [-0.05, 0) is 83.0 Å². The maximum atomic E-state index is 3.91. The monoisotopic (exact) mass is 612 g/mol. The van der Waals surface area contributed by atoms with E-state index in [9.17, 15) is 0 Å². The Morgan fingerprint density at radius 2 is 0.478 bits per heavy atom. The molecule has 8 bridgehead atoms. The minimum atomic E-state index is 0.517. The van der Waals surface area contributed by atoms with E-state index in [-0.39, 0.29) is 0 Å². The lowest BCUT2D eigenvalue weighted by atomic mass is 9.89. The summed E-state index contributed by atoms with van der Waals surface area (Å²) in [5, 5.41) is 15.6. The van der Waals surface area contributed by atoms with Gasteiger partial charge in [-0.15, -0.1) is 0 Å². The third kappa shape index (κ3) is 8.54. The lowest BCUT2D eigenvalue weighted by Crippen LogP contribution is -2.49. The first-order valence-corrected chi connectivity index (χ1v) is 18.0. The molecule has 4 heteroatoms. The SMILES string of the molecule is c1cc2ccc1CN[C@H]1CCCC[C@@H]1NCc1ccc(cc1)Cc1ccc(cc1)CN[C@H]1CCCC[C@@H]1NCc1ccc(cc1)C2. The van der Waals surface area contributed by atoms with Crippen molar-refractivity contribution in [2.75, 3.05) is 0 Å². The fraction of sp³-hybridized carbons (Fsp3) is 0.429. The zero-order valence-electron chi connectivity index (χ0n) is 27.4. The second-order valence-corrected chi connectivity index (χ2v) is 14.1. The normalized spacial score (nSPS) is 24.7. The first-order chi connectivity index (χ1) is 22.7. The van der Waals surface area contributed by atoms with E-state index in [1.54, 1.807) is 0 Å². The molecule has 240 valence electrons. The predicted molar refractivity (Wildman–Crippen MR) is 191 cm³/mol. The van der Waals surface area contributed by atoms with Gasteiger partial charge in [-0.25, -0.2) is 0 Å². The lowest BCUT2D eigenvalue weighted by Gasteiger charge is -2.33. The summed E-state index contributed by atoms with van der Waals surface area (Å²) in [6, 6.07) is 39.1. The lowest BCUT2D eigenvalue weighted by molar-refractivity contribution is 0.281. The van der Waals surface area contributed by atoms with Gasteiger partial charge in [0, 0.05) is 50.3 Å². The van der Waals surface area contributed by atoms with Crippen molar-refractivity contribution in [2.45, 2.75) is 115 Å². The Labute approximate surface area is 276 Å². The first kappa shape index (κ1) is 31.3. The van der Waals surface area contributed by atoms with Gasteiger partial charge in [-0.3, -0.25) is 0 Å². The zero-order chi connectivity index (χ0) is 31.0. The van der Waals surface area contributed by atoms with Gasteiger partial charge in [-0.1, -0.05) is 123 Å². The summed E-state index contributed by atoms with van der Waals surface area (Å²) in [7, 11) is 0. The third-order valence-corrected chi connectivity index (χ3v) is 10.7. The Hall–Kier alpha value is -3.28. The molecule has 4 aromatic rings. The smallest absolute Gasteiger partial charge is 0.0224 e. The summed E-state index contributed by atoms with van der Waals surface area (Å²) in [4.78, 5) is 0. The highest BCUT2D eigenvalue weighted by molar-refractivity contribution is 5.32. The molecule has 4 N–H and O–H groups in total. The molecule has 2 aliphatic carbocycles. The van der Waals surface area contributed by atoms with Crippen LogP contribution in [-0.2, 0) is 39.0 Å². The number of nitrogens with one attached hydrogen (secondary N) is 4. The average molecular weight is 613 g/mol. The van der Waals surface area contributed by atoms with Crippen LogP contribution in [0.2, 0.25) is 0 Å². The molecule has 16 rings (SSSR count). The summed E-state index contributed by atoms with van der Waals surface area (Å²) in [6.45, 7) is 3.71. The molecular weight excluding hydrogens is 560 g/mol. The largest absolute Gasteiger partial charge is 0.308 e. The minimum absolute atomic E-state index is 0.517. The van der Waals surface area contributed by atoms with Crippen molar-refractivity contribution in [3.63, 3.8) is 0 Å². The fourth-order valence-corrected chi connectivity index (χ4v) is 7.81. The number of benzene rings is 4. The third-order valence-electron chi connectivity index (χ3n) is 10.7. The summed E-state index contributed by atoms with van der Waals surface area (Å²) < 4.78 is 0. The molecule has 0 unspecified atom stereocenters. The van der Waals surface area contributed by atoms with Crippen molar-refractivity contribution >= 4 is 0 Å². The van der Waals surface area contributed by atoms with Crippen LogP contribution in [0.4, 0.5) is 0 Å². The highest BCUT2D eigenvalue weighted by Gasteiger charge is 2.25. The number of rotatable bonds is 0. The Bertz CT molecular complexity index is 1260. The summed E-state index contributed by atoms with van der Waals surface area (Å²) in [5.74, 6) is 0. The van der Waals surface area contributed by atoms with Crippen LogP contribution in [-0.4, -0.2) is 24.2 Å². The van der Waals surface area contributed by atoms with Crippen molar-refractivity contribution in [3.8, 4) is 0 Å². The Kier molecular flexibility index (Phi) is 10.6. The van der Waals surface area contributed by atoms with Crippen molar-refractivity contribution in [1.82, 2.24) is 21.3 Å². The highest BCUT2D eigenvalue weighted by Crippen LogP contribution is 2.22. The molecule has 0 radical (unpaired) electrons. The van der Waals surface area contributed by atoms with Crippen LogP contribution in [0.15, 0.2) is 97.1 Å². The molecule has 2 fully saturated rings. The van der Waals surface area contributed by atoms with Gasteiger partial charge in [0.2, 0.25) is 0 Å². The Balaban J connectivity index is 1.06. The second-order valence-electron chi connectivity index (χ2n) is 14.1. The van der Waals surface area contributed by atoms with E-state index in [1.165, 1.54) is 95.9 Å². The maximum Gasteiger partial charge on any atom is 0.0224 e. The van der Waals surface area contributed by atoms with Crippen LogP contribution in [0, 0.1) is 0 Å². The van der Waals surface area contributed by atoms with Crippen LogP contribution < -0.4 is 21.3 Å². The quantitative estimate of drug-likeness (QED) is 0.166. The molecule has 12 aliphatic rings. The van der Waals surface area contributed by atoms with Gasteiger partial charge in [0.25, 0.3) is 0 Å². The summed E-state index contributed by atoms with van der Waals surface area (Å²) >= 11 is 0. The fourth-order valence-electron chi connectivity index (χ4n) is 7.81. The van der Waals surface area contributed by atoms with Crippen molar-refractivity contribution < 1.29 is 0 Å². The molecule has 0 aromatic heterocycles. The van der Waals surface area contributed by atoms with E-state index in [1.807, 2.05) is 0 Å². The van der Waals surface area contributed by atoms with Gasteiger partial charge in [-0.2, -0.15) is 0 Å². The number of hydrogen-bond acceptors (Lipinski definition) is 4. The van der Waals surface area contributed by atoms with Crippen LogP contribution in [0.1, 0.15) is 95.9 Å². The molecule has 46 heavy (non-hydrogen) atoms. The predicted octanol–water partition coefficient (Wildman–Crippen LogP) is 7.56. The zero-order valence-corrected chi connectivity index (χ0v) is 27.4. The molecule has 0 amide bonds. The highest BCUT2D eigenvalue weighted by atomic mass is 15.0. The van der Waals surface area contributed by atoms with Gasteiger partial charge in [0.15, 0.2) is 0 Å². The van der Waals surface area contributed by atoms with Crippen molar-refractivity contribution in [2.24, 2.45) is 0 Å². The van der Waals surface area contributed by atoms with E-state index < -0.39 is 0 Å². The molecule has 4 nitrogen and oxygen atoms in total. The molecule has 0 spiro atoms. The molecule has 10 aliphatic heterocycles. The van der Waals surface area contributed by atoms with E-state index in [4.69, 9.17) is 0 Å². The number of hydrogen-bond donors (Lipinski definition) is 4. The topological polar surface area (TPSA) is 48.1 Å². The van der Waals surface area contributed by atoms with Gasteiger partial charge in [0.05, 0.1) is 0 Å². The van der Waals surface area contributed by atoms with E-state index in [0.29, 0.717) is 24.2 Å². The maximum absolute atomic E-state index is 3.91. The Morgan fingerprint density at radius 1 is 0.283 bits per heavy atom. The van der Waals surface area contributed by atoms with Crippen LogP contribution in [0.5, 0.6) is 0 Å². The molecule has 2 saturated carbocycles. The summed E-state index contributed by atoms with van der Waals surface area (Å²) in [6.07, 6.45) is 12.2. The van der Waals surface area contributed by atoms with Crippen LogP contribution in [0.3, 0.4) is 0 Å². The van der Waals surface area contributed by atoms with Gasteiger partial charge < -0.3 is 21.3 Å². The molecular formula is C42H52N4. The Morgan fingerprint density at radius 3 is 0.696 bits per heavy atom. The van der Waals surface area contributed by atoms with Gasteiger partial charge in [0.1, 0.15) is 0 Å². The first-order valence-electron chi connectivity index (χ1n) is 18.0. The van der Waals surface area contributed by atoms with E-state index >= 15 is 0 Å². The van der Waals surface area contributed by atoms with E-state index in [2.05, 4.69) is 118 Å². The van der Waals surface area contributed by atoms with E-state index in [0.717, 1.165) is 39.0 Å². The van der Waals surface area contributed by atoms with Crippen LogP contribution in [0.25, 0.3) is 0 Å². The standard InChI is InChI=1S/C42H52N4/c1-2-6-40-39(5-1)43-27-35-17-9-31(10-18-35)25-33-13-21-37(22-14-33)29-45-41-7-3-4-8-42(41)46-30-38-23-15-34(16-24-38)26-32-11-19-36(20-12-32)28-44-40/h9-24,39-46H,1-8,25-30H2/t39-,40-,41-,42-/m0/s1. The molecule has 4 aromatic carbocycles. The molecule has 10 heterocycles. The van der Waals surface area contributed by atoms with Crippen molar-refractivity contribution in [1.29, 1.82) is 0 Å². The average Bonchev–Trinajstić information content (AvgIpc) is 3.11. The second kappa shape index (κ2) is 15.5. The summed E-state index contributed by atoms with van der Waals surface area (Å²) in [5.41, 5.74) is 11.0. The van der Waals surface area contributed by atoms with Crippen LogP contribution >= 0.6 is 0 Å². The minimum Gasteiger partial charge on any atom is -0.308 e. The van der Waals surface area contributed by atoms with Crippen molar-refractivity contribution in [3.05, 3.63) is 142 Å². The molecule has 0 saturated heterocycles. The molecule has 4 atom stereocenters.